The number of hydrogen-bond donors (Lipinski definition) is 2. The third kappa shape index (κ3) is 2.60. The lowest BCUT2D eigenvalue weighted by atomic mass is 10.2. The number of nitrogens with two attached hydrogens (primary N) is 1. The third-order valence-electron chi connectivity index (χ3n) is 2.38. The predicted octanol–water partition coefficient (Wildman–Crippen LogP) is 3.79. The SMILES string of the molecule is N#Cc1ccc(N)c(Nc2ccc(Br)c(F)c2)c1. The summed E-state index contributed by atoms with van der Waals surface area (Å²) in [5, 5.41) is 11.8. The van der Waals surface area contributed by atoms with E-state index < -0.39 is 0 Å². The van der Waals surface area contributed by atoms with Crippen molar-refractivity contribution in [2.24, 2.45) is 0 Å². The Morgan fingerprint density at radius 1 is 1.22 bits per heavy atom. The van der Waals surface area contributed by atoms with E-state index in [1.165, 1.54) is 6.07 Å². The van der Waals surface area contributed by atoms with E-state index in [1.54, 1.807) is 30.3 Å². The van der Waals surface area contributed by atoms with Crippen molar-refractivity contribution in [2.45, 2.75) is 0 Å². The van der Waals surface area contributed by atoms with Crippen LogP contribution in [-0.2, 0) is 0 Å². The van der Waals surface area contributed by atoms with Gasteiger partial charge >= 0.3 is 0 Å². The first kappa shape index (κ1) is 12.4. The average Bonchev–Trinajstić information content (AvgIpc) is 2.36. The van der Waals surface area contributed by atoms with Gasteiger partial charge in [0.2, 0.25) is 0 Å². The van der Waals surface area contributed by atoms with Crippen LogP contribution in [0.2, 0.25) is 0 Å². The van der Waals surface area contributed by atoms with E-state index in [1.807, 2.05) is 6.07 Å². The summed E-state index contributed by atoms with van der Waals surface area (Å²) in [6.45, 7) is 0. The van der Waals surface area contributed by atoms with Gasteiger partial charge in [-0.1, -0.05) is 0 Å². The highest BCUT2D eigenvalue weighted by Gasteiger charge is 2.04. The Balaban J connectivity index is 2.33. The monoisotopic (exact) mass is 305 g/mol. The minimum absolute atomic E-state index is 0.366. The molecule has 0 fully saturated rings. The van der Waals surface area contributed by atoms with Gasteiger partial charge in [-0.15, -0.1) is 0 Å². The Bertz CT molecular complexity index is 635. The normalized spacial score (nSPS) is 9.83. The molecule has 0 unspecified atom stereocenters. The fourth-order valence-corrected chi connectivity index (χ4v) is 1.71. The van der Waals surface area contributed by atoms with E-state index in [4.69, 9.17) is 11.0 Å². The van der Waals surface area contributed by atoms with E-state index in [-0.39, 0.29) is 5.82 Å². The van der Waals surface area contributed by atoms with Crippen LogP contribution in [0, 0.1) is 17.1 Å². The molecule has 0 aliphatic rings. The van der Waals surface area contributed by atoms with Crippen LogP contribution in [0.4, 0.5) is 21.5 Å². The van der Waals surface area contributed by atoms with Crippen LogP contribution in [0.15, 0.2) is 40.9 Å². The topological polar surface area (TPSA) is 61.8 Å². The summed E-state index contributed by atoms with van der Waals surface area (Å²) in [4.78, 5) is 0. The lowest BCUT2D eigenvalue weighted by Gasteiger charge is -2.10. The summed E-state index contributed by atoms with van der Waals surface area (Å²) in [5.74, 6) is -0.366. The van der Waals surface area contributed by atoms with Crippen LogP contribution >= 0.6 is 15.9 Å². The standard InChI is InChI=1S/C13H9BrFN3/c14-10-3-2-9(6-11(10)15)18-13-5-8(7-16)1-4-12(13)17/h1-6,18H,17H2. The molecule has 0 aliphatic heterocycles. The molecule has 0 spiro atoms. The van der Waals surface area contributed by atoms with Crippen LogP contribution in [0.1, 0.15) is 5.56 Å². The van der Waals surface area contributed by atoms with Crippen molar-refractivity contribution in [3.05, 3.63) is 52.3 Å². The summed E-state index contributed by atoms with van der Waals surface area (Å²) >= 11 is 3.08. The fraction of sp³-hybridized carbons (Fsp3) is 0. The molecule has 0 atom stereocenters. The average molecular weight is 306 g/mol. The van der Waals surface area contributed by atoms with Crippen molar-refractivity contribution in [2.75, 3.05) is 11.1 Å². The van der Waals surface area contributed by atoms with Gasteiger partial charge in [-0.25, -0.2) is 4.39 Å². The Morgan fingerprint density at radius 3 is 2.67 bits per heavy atom. The maximum Gasteiger partial charge on any atom is 0.139 e. The number of nitrogen functional groups attached to an aromatic ring is 1. The van der Waals surface area contributed by atoms with Gasteiger partial charge in [0.1, 0.15) is 5.82 Å². The first-order valence-corrected chi connectivity index (χ1v) is 5.91. The van der Waals surface area contributed by atoms with Crippen LogP contribution in [-0.4, -0.2) is 0 Å². The second-order valence-electron chi connectivity index (χ2n) is 3.67. The molecule has 90 valence electrons. The third-order valence-corrected chi connectivity index (χ3v) is 3.02. The number of anilines is 3. The van der Waals surface area contributed by atoms with Crippen LogP contribution in [0.25, 0.3) is 0 Å². The summed E-state index contributed by atoms with van der Waals surface area (Å²) in [5.41, 5.74) is 7.92. The fourth-order valence-electron chi connectivity index (χ4n) is 1.46. The number of hydrogen-bond acceptors (Lipinski definition) is 3. The number of nitrogens with one attached hydrogen (secondary N) is 1. The molecule has 2 aromatic rings. The van der Waals surface area contributed by atoms with Gasteiger partial charge in [0, 0.05) is 5.69 Å². The number of nitrogens with zero attached hydrogens (tertiary/aromatic N) is 1. The second kappa shape index (κ2) is 5.07. The molecule has 0 amide bonds. The largest absolute Gasteiger partial charge is 0.397 e. The Labute approximate surface area is 112 Å². The first-order chi connectivity index (χ1) is 8.60. The minimum Gasteiger partial charge on any atom is -0.397 e. The summed E-state index contributed by atoms with van der Waals surface area (Å²) in [6, 6.07) is 11.6. The first-order valence-electron chi connectivity index (χ1n) is 5.12. The molecule has 0 saturated carbocycles. The van der Waals surface area contributed by atoms with E-state index in [2.05, 4.69) is 21.2 Å². The van der Waals surface area contributed by atoms with Gasteiger partial charge in [0.25, 0.3) is 0 Å². The van der Waals surface area contributed by atoms with Crippen LogP contribution < -0.4 is 11.1 Å². The van der Waals surface area contributed by atoms with E-state index in [0.29, 0.717) is 27.1 Å². The highest BCUT2D eigenvalue weighted by Crippen LogP contribution is 2.26. The number of rotatable bonds is 2. The highest BCUT2D eigenvalue weighted by atomic mass is 79.9. The lowest BCUT2D eigenvalue weighted by Crippen LogP contribution is -1.97. The molecule has 5 heteroatoms. The summed E-state index contributed by atoms with van der Waals surface area (Å²) in [7, 11) is 0. The second-order valence-corrected chi connectivity index (χ2v) is 4.52. The van der Waals surface area contributed by atoms with Gasteiger partial charge in [0.05, 0.1) is 27.5 Å². The van der Waals surface area contributed by atoms with E-state index >= 15 is 0 Å². The molecular weight excluding hydrogens is 297 g/mol. The Morgan fingerprint density at radius 2 is 2.00 bits per heavy atom. The quantitative estimate of drug-likeness (QED) is 0.830. The van der Waals surface area contributed by atoms with Crippen molar-refractivity contribution in [3.63, 3.8) is 0 Å². The molecule has 18 heavy (non-hydrogen) atoms. The predicted molar refractivity (Wildman–Crippen MR) is 73.0 cm³/mol. The molecular formula is C13H9BrFN3. The zero-order chi connectivity index (χ0) is 13.1. The molecule has 3 N–H and O–H groups in total. The van der Waals surface area contributed by atoms with E-state index in [9.17, 15) is 4.39 Å². The summed E-state index contributed by atoms with van der Waals surface area (Å²) < 4.78 is 13.8. The number of benzene rings is 2. The van der Waals surface area contributed by atoms with Crippen molar-refractivity contribution in [3.8, 4) is 6.07 Å². The zero-order valence-corrected chi connectivity index (χ0v) is 10.8. The molecule has 0 aliphatic carbocycles. The molecule has 3 nitrogen and oxygen atoms in total. The molecule has 0 bridgehead atoms. The number of nitriles is 1. The van der Waals surface area contributed by atoms with Gasteiger partial charge in [-0.05, 0) is 52.3 Å². The molecule has 0 saturated heterocycles. The molecule has 0 radical (unpaired) electrons. The maximum absolute atomic E-state index is 13.4. The minimum atomic E-state index is -0.366. The smallest absolute Gasteiger partial charge is 0.139 e. The Hall–Kier alpha value is -2.06. The van der Waals surface area contributed by atoms with Gasteiger partial charge in [-0.3, -0.25) is 0 Å². The zero-order valence-electron chi connectivity index (χ0n) is 9.24. The van der Waals surface area contributed by atoms with Gasteiger partial charge in [0.15, 0.2) is 0 Å². The lowest BCUT2D eigenvalue weighted by molar-refractivity contribution is 0.622. The van der Waals surface area contributed by atoms with Crippen molar-refractivity contribution in [1.29, 1.82) is 5.26 Å². The van der Waals surface area contributed by atoms with Gasteiger partial charge in [-0.2, -0.15) is 5.26 Å². The number of halogens is 2. The van der Waals surface area contributed by atoms with E-state index in [0.717, 1.165) is 0 Å². The maximum atomic E-state index is 13.4. The summed E-state index contributed by atoms with van der Waals surface area (Å²) in [6.07, 6.45) is 0. The molecule has 2 rings (SSSR count). The molecule has 2 aromatic carbocycles. The molecule has 0 heterocycles. The van der Waals surface area contributed by atoms with Gasteiger partial charge < -0.3 is 11.1 Å². The van der Waals surface area contributed by atoms with Crippen molar-refractivity contribution in [1.82, 2.24) is 0 Å². The van der Waals surface area contributed by atoms with Crippen molar-refractivity contribution >= 4 is 33.0 Å². The highest BCUT2D eigenvalue weighted by molar-refractivity contribution is 9.10. The van der Waals surface area contributed by atoms with Crippen LogP contribution in [0.5, 0.6) is 0 Å². The Kier molecular flexibility index (Phi) is 3.49. The molecule has 0 aromatic heterocycles. The van der Waals surface area contributed by atoms with Crippen molar-refractivity contribution < 1.29 is 4.39 Å². The van der Waals surface area contributed by atoms with Crippen LogP contribution in [0.3, 0.4) is 0 Å².